The molecule has 6 nitrogen and oxygen atoms in total. The van der Waals surface area contributed by atoms with E-state index in [1.807, 2.05) is 24.7 Å². The third-order valence-corrected chi connectivity index (χ3v) is 4.73. The largest absolute Gasteiger partial charge is 0.480 e. The van der Waals surface area contributed by atoms with Gasteiger partial charge in [0.05, 0.1) is 6.61 Å². The summed E-state index contributed by atoms with van der Waals surface area (Å²) in [6, 6.07) is 3.67. The Morgan fingerprint density at radius 1 is 1.38 bits per heavy atom. The van der Waals surface area contributed by atoms with Gasteiger partial charge in [-0.25, -0.2) is 0 Å². The predicted octanol–water partition coefficient (Wildman–Crippen LogP) is 1.88. The smallest absolute Gasteiger partial charge is 0.325 e. The van der Waals surface area contributed by atoms with Crippen LogP contribution in [0.15, 0.2) is 18.3 Å². The molecule has 1 unspecified atom stereocenters. The maximum absolute atomic E-state index is 11.5. The number of nitrogens with one attached hydrogen (secondary N) is 1. The van der Waals surface area contributed by atoms with Gasteiger partial charge in [-0.3, -0.25) is 9.69 Å². The molecule has 0 aliphatic carbocycles. The third kappa shape index (κ3) is 3.05. The maximum atomic E-state index is 11.5. The van der Waals surface area contributed by atoms with E-state index in [1.165, 1.54) is 11.1 Å². The van der Waals surface area contributed by atoms with Crippen molar-refractivity contribution in [2.75, 3.05) is 26.8 Å². The number of carboxylic acid groups (broad SMARTS) is 1. The Morgan fingerprint density at radius 3 is 2.71 bits per heavy atom. The van der Waals surface area contributed by atoms with Crippen LogP contribution >= 0.6 is 0 Å². The number of carbonyl (C=O) groups is 1. The highest BCUT2D eigenvalue weighted by Gasteiger charge is 2.25. The summed E-state index contributed by atoms with van der Waals surface area (Å²) in [7, 11) is 3.65. The molecule has 2 N–H and O–H groups in total. The van der Waals surface area contributed by atoms with Gasteiger partial charge in [0.2, 0.25) is 0 Å². The van der Waals surface area contributed by atoms with Crippen molar-refractivity contribution >= 4 is 16.9 Å². The Balaban J connectivity index is 1.92. The molecular weight excluding hydrogens is 306 g/mol. The minimum absolute atomic E-state index is 0.692. The van der Waals surface area contributed by atoms with E-state index in [9.17, 15) is 9.90 Å². The number of benzene rings is 1. The average Bonchev–Trinajstić information content (AvgIpc) is 3.07. The van der Waals surface area contributed by atoms with Crippen molar-refractivity contribution in [3.05, 3.63) is 35.0 Å². The van der Waals surface area contributed by atoms with Crippen LogP contribution in [0.2, 0.25) is 0 Å². The van der Waals surface area contributed by atoms with Crippen LogP contribution in [-0.4, -0.2) is 47.3 Å². The van der Waals surface area contributed by atoms with Crippen molar-refractivity contribution in [2.24, 2.45) is 7.05 Å². The standard InChI is InChI=1S/C18H25N3O3/c1-4-24-6-5-21-9-12-7-14-15(17(19-2)18(22)23)11-20(3)16(14)8-13(12)10-21/h7-8,11,17,19H,4-6,9-10H2,1-3H3,(H,22,23). The fourth-order valence-electron chi connectivity index (χ4n) is 3.52. The molecule has 0 amide bonds. The van der Waals surface area contributed by atoms with Gasteiger partial charge in [-0.05, 0) is 37.2 Å². The molecule has 130 valence electrons. The minimum Gasteiger partial charge on any atom is -0.480 e. The number of ether oxygens (including phenoxy) is 1. The molecular formula is C18H25N3O3. The van der Waals surface area contributed by atoms with Crippen LogP contribution in [0.3, 0.4) is 0 Å². The molecule has 0 fully saturated rings. The van der Waals surface area contributed by atoms with Gasteiger partial charge in [0.1, 0.15) is 6.04 Å². The van der Waals surface area contributed by atoms with E-state index in [2.05, 4.69) is 22.3 Å². The number of hydrogen-bond acceptors (Lipinski definition) is 4. The first kappa shape index (κ1) is 17.0. The van der Waals surface area contributed by atoms with Gasteiger partial charge in [0, 0.05) is 56.0 Å². The second-order valence-corrected chi connectivity index (χ2v) is 6.30. The van der Waals surface area contributed by atoms with Crippen molar-refractivity contribution in [1.29, 1.82) is 0 Å². The molecule has 0 radical (unpaired) electrons. The number of nitrogens with zero attached hydrogens (tertiary/aromatic N) is 2. The van der Waals surface area contributed by atoms with Crippen molar-refractivity contribution in [3.8, 4) is 0 Å². The Morgan fingerprint density at radius 2 is 2.08 bits per heavy atom. The van der Waals surface area contributed by atoms with Crippen LogP contribution in [0.4, 0.5) is 0 Å². The molecule has 24 heavy (non-hydrogen) atoms. The van der Waals surface area contributed by atoms with E-state index in [0.717, 1.165) is 49.3 Å². The first-order chi connectivity index (χ1) is 11.5. The summed E-state index contributed by atoms with van der Waals surface area (Å²) in [4.78, 5) is 13.9. The highest BCUT2D eigenvalue weighted by Crippen LogP contribution is 2.32. The lowest BCUT2D eigenvalue weighted by atomic mass is 10.0. The van der Waals surface area contributed by atoms with E-state index < -0.39 is 12.0 Å². The first-order valence-electron chi connectivity index (χ1n) is 8.36. The normalized spacial score (nSPS) is 15.8. The van der Waals surface area contributed by atoms with Crippen molar-refractivity contribution in [1.82, 2.24) is 14.8 Å². The molecule has 2 heterocycles. The molecule has 2 aromatic rings. The number of aromatic nitrogens is 1. The molecule has 0 spiro atoms. The summed E-state index contributed by atoms with van der Waals surface area (Å²) in [5.41, 5.74) is 4.50. The zero-order valence-corrected chi connectivity index (χ0v) is 14.5. The minimum atomic E-state index is -0.858. The first-order valence-corrected chi connectivity index (χ1v) is 8.36. The monoisotopic (exact) mass is 331 g/mol. The zero-order valence-electron chi connectivity index (χ0n) is 14.5. The van der Waals surface area contributed by atoms with E-state index in [-0.39, 0.29) is 0 Å². The van der Waals surface area contributed by atoms with Crippen LogP contribution < -0.4 is 5.32 Å². The lowest BCUT2D eigenvalue weighted by Gasteiger charge is -2.13. The average molecular weight is 331 g/mol. The van der Waals surface area contributed by atoms with Gasteiger partial charge < -0.3 is 19.7 Å². The maximum Gasteiger partial charge on any atom is 0.325 e. The summed E-state index contributed by atoms with van der Waals surface area (Å²) >= 11 is 0. The molecule has 0 saturated carbocycles. The Bertz CT molecular complexity index is 754. The number of aliphatic carboxylic acids is 1. The van der Waals surface area contributed by atoms with Crippen molar-refractivity contribution in [3.63, 3.8) is 0 Å². The fourth-order valence-corrected chi connectivity index (χ4v) is 3.52. The van der Waals surface area contributed by atoms with E-state index >= 15 is 0 Å². The summed E-state index contributed by atoms with van der Waals surface area (Å²) in [6.07, 6.45) is 1.92. The molecule has 3 rings (SSSR count). The van der Waals surface area contributed by atoms with Crippen LogP contribution in [-0.2, 0) is 29.7 Å². The zero-order chi connectivity index (χ0) is 17.3. The van der Waals surface area contributed by atoms with Crippen LogP contribution in [0, 0.1) is 0 Å². The second-order valence-electron chi connectivity index (χ2n) is 6.30. The summed E-state index contributed by atoms with van der Waals surface area (Å²) in [6.45, 7) is 6.23. The van der Waals surface area contributed by atoms with Crippen LogP contribution in [0.5, 0.6) is 0 Å². The SMILES string of the molecule is CCOCCN1Cc2cc3c(C(NC)C(=O)O)cn(C)c3cc2C1. The summed E-state index contributed by atoms with van der Waals surface area (Å²) in [5.74, 6) is -0.858. The third-order valence-electron chi connectivity index (χ3n) is 4.73. The van der Waals surface area contributed by atoms with Gasteiger partial charge in [-0.1, -0.05) is 0 Å². The van der Waals surface area contributed by atoms with Gasteiger partial charge in [-0.15, -0.1) is 0 Å². The van der Waals surface area contributed by atoms with Gasteiger partial charge in [-0.2, -0.15) is 0 Å². The molecule has 1 aliphatic rings. The van der Waals surface area contributed by atoms with Gasteiger partial charge in [0.15, 0.2) is 0 Å². The lowest BCUT2D eigenvalue weighted by molar-refractivity contribution is -0.139. The molecule has 1 atom stereocenters. The Labute approximate surface area is 142 Å². The number of likely N-dealkylation sites (N-methyl/N-ethyl adjacent to an activating group) is 1. The predicted molar refractivity (Wildman–Crippen MR) is 93.0 cm³/mol. The van der Waals surface area contributed by atoms with Crippen LogP contribution in [0.1, 0.15) is 29.7 Å². The quantitative estimate of drug-likeness (QED) is 0.758. The Hall–Kier alpha value is -1.89. The highest BCUT2D eigenvalue weighted by atomic mass is 16.5. The molecule has 1 aromatic heterocycles. The van der Waals surface area contributed by atoms with E-state index in [4.69, 9.17) is 4.74 Å². The second kappa shape index (κ2) is 6.93. The topological polar surface area (TPSA) is 66.7 Å². The number of carboxylic acids is 1. The molecule has 0 saturated heterocycles. The van der Waals surface area contributed by atoms with E-state index in [1.54, 1.807) is 7.05 Å². The number of fused-ring (bicyclic) bond motifs is 2. The molecule has 6 heteroatoms. The van der Waals surface area contributed by atoms with E-state index in [0.29, 0.717) is 0 Å². The highest BCUT2D eigenvalue weighted by molar-refractivity contribution is 5.90. The number of rotatable bonds is 7. The van der Waals surface area contributed by atoms with Crippen LogP contribution in [0.25, 0.3) is 10.9 Å². The molecule has 1 aromatic carbocycles. The number of hydrogen-bond donors (Lipinski definition) is 2. The summed E-state index contributed by atoms with van der Waals surface area (Å²) < 4.78 is 7.46. The van der Waals surface area contributed by atoms with Gasteiger partial charge in [0.25, 0.3) is 0 Å². The lowest BCUT2D eigenvalue weighted by Crippen LogP contribution is -2.24. The molecule has 0 bridgehead atoms. The van der Waals surface area contributed by atoms with Crippen molar-refractivity contribution in [2.45, 2.75) is 26.1 Å². The fraction of sp³-hybridized carbons (Fsp3) is 0.500. The number of aryl methyl sites for hydroxylation is 1. The van der Waals surface area contributed by atoms with Gasteiger partial charge >= 0.3 is 5.97 Å². The Kier molecular flexibility index (Phi) is 4.89. The molecule has 1 aliphatic heterocycles. The van der Waals surface area contributed by atoms with Crippen molar-refractivity contribution < 1.29 is 14.6 Å². The summed E-state index contributed by atoms with van der Waals surface area (Å²) in [5, 5.41) is 13.4.